The van der Waals surface area contributed by atoms with Crippen molar-refractivity contribution in [2.75, 3.05) is 5.33 Å². The van der Waals surface area contributed by atoms with Crippen molar-refractivity contribution in [3.63, 3.8) is 0 Å². The minimum atomic E-state index is -0.149. The van der Waals surface area contributed by atoms with Gasteiger partial charge in [-0.05, 0) is 39.0 Å². The predicted molar refractivity (Wildman–Crippen MR) is 76.4 cm³/mol. The third kappa shape index (κ3) is 3.97. The van der Waals surface area contributed by atoms with Gasteiger partial charge >= 0.3 is 0 Å². The Labute approximate surface area is 114 Å². The summed E-state index contributed by atoms with van der Waals surface area (Å²) in [6, 6.07) is 0. The number of alkyl halides is 1. The molecule has 1 saturated carbocycles. The maximum atomic E-state index is 12.5. The highest BCUT2D eigenvalue weighted by Crippen LogP contribution is 2.43. The first kappa shape index (κ1) is 15.0. The Kier molecular flexibility index (Phi) is 5.06. The Morgan fingerprint density at radius 3 is 2.29 bits per heavy atom. The number of nitrogens with one attached hydrogen (secondary N) is 1. The minimum Gasteiger partial charge on any atom is -0.350 e. The van der Waals surface area contributed by atoms with Crippen LogP contribution in [0, 0.1) is 11.3 Å². The van der Waals surface area contributed by atoms with E-state index in [9.17, 15) is 4.79 Å². The SMILES string of the molecule is CC(C)CC1(C(=O)NC(C)(C)CBr)CCCC1. The number of carbonyl (C=O) groups is 1. The van der Waals surface area contributed by atoms with E-state index in [4.69, 9.17) is 0 Å². The van der Waals surface area contributed by atoms with Crippen molar-refractivity contribution in [2.45, 2.75) is 65.3 Å². The van der Waals surface area contributed by atoms with Crippen LogP contribution in [0.1, 0.15) is 59.8 Å². The number of rotatable bonds is 5. The zero-order valence-electron chi connectivity index (χ0n) is 11.6. The molecule has 17 heavy (non-hydrogen) atoms. The molecule has 3 heteroatoms. The number of amides is 1. The fourth-order valence-corrected chi connectivity index (χ4v) is 2.97. The topological polar surface area (TPSA) is 29.1 Å². The van der Waals surface area contributed by atoms with Crippen molar-refractivity contribution < 1.29 is 4.79 Å². The van der Waals surface area contributed by atoms with Crippen molar-refractivity contribution in [3.8, 4) is 0 Å². The van der Waals surface area contributed by atoms with Crippen LogP contribution in [0.15, 0.2) is 0 Å². The third-order valence-corrected chi connectivity index (χ3v) is 5.03. The van der Waals surface area contributed by atoms with Gasteiger partial charge in [-0.15, -0.1) is 0 Å². The van der Waals surface area contributed by atoms with Crippen LogP contribution >= 0.6 is 15.9 Å². The van der Waals surface area contributed by atoms with E-state index in [0.717, 1.165) is 24.6 Å². The van der Waals surface area contributed by atoms with Crippen LogP contribution in [-0.4, -0.2) is 16.8 Å². The summed E-state index contributed by atoms with van der Waals surface area (Å²) in [5.74, 6) is 0.860. The largest absolute Gasteiger partial charge is 0.350 e. The molecule has 0 heterocycles. The van der Waals surface area contributed by atoms with Gasteiger partial charge in [0, 0.05) is 16.3 Å². The lowest BCUT2D eigenvalue weighted by atomic mass is 9.77. The van der Waals surface area contributed by atoms with Gasteiger partial charge < -0.3 is 5.32 Å². The van der Waals surface area contributed by atoms with E-state index in [2.05, 4.69) is 48.9 Å². The van der Waals surface area contributed by atoms with Gasteiger partial charge in [-0.25, -0.2) is 0 Å². The minimum absolute atomic E-state index is 0.0897. The lowest BCUT2D eigenvalue weighted by Crippen LogP contribution is -2.51. The molecular formula is C14H26BrNO. The number of carbonyl (C=O) groups excluding carboxylic acids is 1. The molecule has 0 aliphatic heterocycles. The summed E-state index contributed by atoms with van der Waals surface area (Å²) in [5, 5.41) is 4.00. The van der Waals surface area contributed by atoms with Crippen LogP contribution in [0.2, 0.25) is 0 Å². The second-order valence-corrected chi connectivity index (χ2v) is 7.12. The van der Waals surface area contributed by atoms with Gasteiger partial charge in [0.25, 0.3) is 0 Å². The lowest BCUT2D eigenvalue weighted by Gasteiger charge is -2.34. The average Bonchev–Trinajstić information content (AvgIpc) is 2.66. The van der Waals surface area contributed by atoms with Crippen molar-refractivity contribution >= 4 is 21.8 Å². The smallest absolute Gasteiger partial charge is 0.226 e. The van der Waals surface area contributed by atoms with E-state index in [1.807, 2.05) is 0 Å². The van der Waals surface area contributed by atoms with E-state index >= 15 is 0 Å². The molecule has 0 aromatic rings. The molecule has 1 rings (SSSR count). The third-order valence-electron chi connectivity index (χ3n) is 3.63. The van der Waals surface area contributed by atoms with E-state index in [-0.39, 0.29) is 16.9 Å². The summed E-state index contributed by atoms with van der Waals surface area (Å²) in [4.78, 5) is 12.5. The molecule has 100 valence electrons. The van der Waals surface area contributed by atoms with Gasteiger partial charge in [-0.1, -0.05) is 42.6 Å². The molecule has 1 fully saturated rings. The summed E-state index contributed by atoms with van der Waals surface area (Å²) in [5.41, 5.74) is -0.239. The van der Waals surface area contributed by atoms with Gasteiger partial charge in [0.15, 0.2) is 0 Å². The van der Waals surface area contributed by atoms with Crippen LogP contribution in [0.4, 0.5) is 0 Å². The molecule has 0 spiro atoms. The molecular weight excluding hydrogens is 278 g/mol. The van der Waals surface area contributed by atoms with Gasteiger partial charge in [-0.2, -0.15) is 0 Å². The maximum Gasteiger partial charge on any atom is 0.226 e. The maximum absolute atomic E-state index is 12.5. The standard InChI is InChI=1S/C14H26BrNO/c1-11(2)9-14(7-5-6-8-14)12(17)16-13(3,4)10-15/h11H,5-10H2,1-4H3,(H,16,17). The van der Waals surface area contributed by atoms with Gasteiger partial charge in [-0.3, -0.25) is 4.79 Å². The Hall–Kier alpha value is -0.0500. The Morgan fingerprint density at radius 1 is 1.35 bits per heavy atom. The van der Waals surface area contributed by atoms with Crippen molar-refractivity contribution in [2.24, 2.45) is 11.3 Å². The van der Waals surface area contributed by atoms with E-state index in [1.54, 1.807) is 0 Å². The molecule has 0 aromatic carbocycles. The molecule has 0 atom stereocenters. The van der Waals surface area contributed by atoms with Crippen molar-refractivity contribution in [3.05, 3.63) is 0 Å². The highest BCUT2D eigenvalue weighted by Gasteiger charge is 2.42. The van der Waals surface area contributed by atoms with Crippen molar-refractivity contribution in [1.29, 1.82) is 0 Å². The molecule has 1 N–H and O–H groups in total. The van der Waals surface area contributed by atoms with Gasteiger partial charge in [0.1, 0.15) is 0 Å². The number of hydrogen-bond donors (Lipinski definition) is 1. The van der Waals surface area contributed by atoms with Crippen molar-refractivity contribution in [1.82, 2.24) is 5.32 Å². The Balaban J connectivity index is 2.74. The van der Waals surface area contributed by atoms with Crippen LogP contribution in [0.5, 0.6) is 0 Å². The highest BCUT2D eigenvalue weighted by molar-refractivity contribution is 9.09. The molecule has 0 aromatic heterocycles. The second kappa shape index (κ2) is 5.73. The highest BCUT2D eigenvalue weighted by atomic mass is 79.9. The molecule has 1 amide bonds. The molecule has 1 aliphatic carbocycles. The number of hydrogen-bond acceptors (Lipinski definition) is 1. The van der Waals surface area contributed by atoms with Crippen LogP contribution in [-0.2, 0) is 4.79 Å². The average molecular weight is 304 g/mol. The lowest BCUT2D eigenvalue weighted by molar-refractivity contribution is -0.133. The molecule has 0 radical (unpaired) electrons. The van der Waals surface area contributed by atoms with E-state index < -0.39 is 0 Å². The fourth-order valence-electron chi connectivity index (χ4n) is 2.83. The fraction of sp³-hybridized carbons (Fsp3) is 0.929. The molecule has 2 nitrogen and oxygen atoms in total. The van der Waals surface area contributed by atoms with E-state index in [1.165, 1.54) is 12.8 Å². The summed E-state index contributed by atoms with van der Waals surface area (Å²) in [6.07, 6.45) is 5.56. The molecule has 0 saturated heterocycles. The summed E-state index contributed by atoms with van der Waals surface area (Å²) < 4.78 is 0. The normalized spacial score (nSPS) is 19.6. The molecule has 0 unspecified atom stereocenters. The zero-order chi connectivity index (χ0) is 13.1. The first-order valence-corrected chi connectivity index (χ1v) is 7.82. The first-order valence-electron chi connectivity index (χ1n) is 6.70. The molecule has 0 bridgehead atoms. The predicted octanol–water partition coefficient (Wildman–Crippen LogP) is 3.88. The first-order chi connectivity index (χ1) is 7.81. The van der Waals surface area contributed by atoms with E-state index in [0.29, 0.717) is 5.92 Å². The zero-order valence-corrected chi connectivity index (χ0v) is 13.2. The van der Waals surface area contributed by atoms with Crippen LogP contribution in [0.25, 0.3) is 0 Å². The van der Waals surface area contributed by atoms with Crippen LogP contribution in [0.3, 0.4) is 0 Å². The second-order valence-electron chi connectivity index (χ2n) is 6.56. The number of halogens is 1. The summed E-state index contributed by atoms with van der Waals surface area (Å²) >= 11 is 3.46. The monoisotopic (exact) mass is 303 g/mol. The Bertz CT molecular complexity index is 267. The van der Waals surface area contributed by atoms with Crippen LogP contribution < -0.4 is 5.32 Å². The quantitative estimate of drug-likeness (QED) is 0.767. The van der Waals surface area contributed by atoms with Gasteiger partial charge in [0.05, 0.1) is 0 Å². The molecule has 1 aliphatic rings. The summed E-state index contributed by atoms with van der Waals surface area (Å²) in [6.45, 7) is 8.56. The Morgan fingerprint density at radius 2 is 1.88 bits per heavy atom. The van der Waals surface area contributed by atoms with Gasteiger partial charge in [0.2, 0.25) is 5.91 Å². The summed E-state index contributed by atoms with van der Waals surface area (Å²) in [7, 11) is 0.